The third-order valence-electron chi connectivity index (χ3n) is 2.39. The first kappa shape index (κ1) is 9.67. The number of aliphatic carboxylic acids is 1. The highest BCUT2D eigenvalue weighted by Crippen LogP contribution is 2.27. The van der Waals surface area contributed by atoms with Gasteiger partial charge in [-0.2, -0.15) is 0 Å². The van der Waals surface area contributed by atoms with Gasteiger partial charge in [0.05, 0.1) is 0 Å². The first-order valence-electron chi connectivity index (χ1n) is 4.49. The Morgan fingerprint density at radius 1 is 1.67 bits per heavy atom. The zero-order valence-electron chi connectivity index (χ0n) is 8.21. The highest BCUT2D eigenvalue weighted by molar-refractivity contribution is 5.79. The predicted octanol–water partition coefficient (Wildman–Crippen LogP) is 0.609. The lowest BCUT2D eigenvalue weighted by atomic mass is 10.1. The van der Waals surface area contributed by atoms with Gasteiger partial charge in [-0.15, -0.1) is 0 Å². The number of fused-ring (bicyclic) bond motifs is 1. The number of carbonyl (C=O) groups is 1. The molecule has 3 N–H and O–H groups in total. The second-order valence-corrected chi connectivity index (χ2v) is 3.39. The van der Waals surface area contributed by atoms with E-state index in [1.807, 2.05) is 29.9 Å². The molecular formula is C10H11N3O2. The predicted molar refractivity (Wildman–Crippen MR) is 54.4 cm³/mol. The van der Waals surface area contributed by atoms with E-state index in [-0.39, 0.29) is 0 Å². The zero-order chi connectivity index (χ0) is 11.0. The fourth-order valence-corrected chi connectivity index (χ4v) is 1.57. The largest absolute Gasteiger partial charge is 0.480 e. The van der Waals surface area contributed by atoms with Crippen LogP contribution in [0.4, 0.5) is 0 Å². The van der Waals surface area contributed by atoms with Crippen LogP contribution in [0.25, 0.3) is 11.4 Å². The van der Waals surface area contributed by atoms with Crippen LogP contribution in [0.1, 0.15) is 11.6 Å². The summed E-state index contributed by atoms with van der Waals surface area (Å²) in [5.74, 6) is -0.306. The molecular weight excluding hydrogens is 194 g/mol. The van der Waals surface area contributed by atoms with Crippen LogP contribution in [0.5, 0.6) is 0 Å². The lowest BCUT2D eigenvalue weighted by molar-refractivity contribution is -0.138. The molecule has 0 aromatic carbocycles. The van der Waals surface area contributed by atoms with Gasteiger partial charge in [0, 0.05) is 30.6 Å². The van der Waals surface area contributed by atoms with Gasteiger partial charge in [0.1, 0.15) is 11.9 Å². The number of pyridine rings is 1. The van der Waals surface area contributed by atoms with Gasteiger partial charge in [0.2, 0.25) is 0 Å². The molecule has 1 unspecified atom stereocenters. The quantitative estimate of drug-likeness (QED) is 0.752. The van der Waals surface area contributed by atoms with Crippen molar-refractivity contribution in [2.75, 3.05) is 0 Å². The lowest BCUT2D eigenvalue weighted by Gasteiger charge is -2.09. The van der Waals surface area contributed by atoms with Crippen LogP contribution in [0, 0.1) is 0 Å². The fraction of sp³-hybridized carbons (Fsp3) is 0.200. The van der Waals surface area contributed by atoms with Crippen molar-refractivity contribution in [1.82, 2.24) is 9.55 Å². The Bertz CT molecular complexity index is 478. The van der Waals surface area contributed by atoms with Gasteiger partial charge < -0.3 is 15.4 Å². The molecule has 0 aromatic heterocycles. The summed E-state index contributed by atoms with van der Waals surface area (Å²) in [6.45, 7) is 0. The van der Waals surface area contributed by atoms with Gasteiger partial charge in [-0.3, -0.25) is 4.79 Å². The molecule has 78 valence electrons. The minimum Gasteiger partial charge on any atom is -0.480 e. The summed E-state index contributed by atoms with van der Waals surface area (Å²) in [7, 11) is 1.85. The summed E-state index contributed by atoms with van der Waals surface area (Å²) < 4.78 is 1.83. The van der Waals surface area contributed by atoms with Crippen LogP contribution in [0.15, 0.2) is 24.5 Å². The van der Waals surface area contributed by atoms with E-state index in [0.29, 0.717) is 5.56 Å². The van der Waals surface area contributed by atoms with E-state index in [4.69, 9.17) is 10.8 Å². The van der Waals surface area contributed by atoms with Gasteiger partial charge in [-0.05, 0) is 12.1 Å². The highest BCUT2D eigenvalue weighted by atomic mass is 16.4. The van der Waals surface area contributed by atoms with Crippen LogP contribution in [-0.2, 0) is 11.8 Å². The van der Waals surface area contributed by atoms with Gasteiger partial charge >= 0.3 is 5.97 Å². The van der Waals surface area contributed by atoms with Crippen molar-refractivity contribution in [2.45, 2.75) is 6.04 Å². The monoisotopic (exact) mass is 205 g/mol. The van der Waals surface area contributed by atoms with E-state index in [1.54, 1.807) is 0 Å². The summed E-state index contributed by atoms with van der Waals surface area (Å²) >= 11 is 0. The van der Waals surface area contributed by atoms with E-state index < -0.39 is 12.0 Å². The number of rotatable bonds is 2. The van der Waals surface area contributed by atoms with E-state index >= 15 is 0 Å². The lowest BCUT2D eigenvalue weighted by Crippen LogP contribution is -2.20. The van der Waals surface area contributed by atoms with E-state index in [9.17, 15) is 4.79 Å². The van der Waals surface area contributed by atoms with Crippen molar-refractivity contribution in [2.24, 2.45) is 12.8 Å². The second kappa shape index (κ2) is 3.36. The average Bonchev–Trinajstić information content (AvgIpc) is 2.61. The van der Waals surface area contributed by atoms with Crippen molar-refractivity contribution in [3.63, 3.8) is 0 Å². The van der Waals surface area contributed by atoms with Gasteiger partial charge in [0.15, 0.2) is 0 Å². The Morgan fingerprint density at radius 2 is 2.40 bits per heavy atom. The number of aryl methyl sites for hydroxylation is 1. The van der Waals surface area contributed by atoms with Crippen LogP contribution in [0.3, 0.4) is 0 Å². The Hall–Kier alpha value is -1.88. The average molecular weight is 205 g/mol. The van der Waals surface area contributed by atoms with Crippen LogP contribution >= 0.6 is 0 Å². The molecule has 2 aliphatic heterocycles. The van der Waals surface area contributed by atoms with Crippen molar-refractivity contribution in [1.29, 1.82) is 0 Å². The van der Waals surface area contributed by atoms with Gasteiger partial charge in [-0.1, -0.05) is 0 Å². The number of hydrogen-bond donors (Lipinski definition) is 2. The molecule has 2 rings (SSSR count). The van der Waals surface area contributed by atoms with Crippen molar-refractivity contribution in [3.05, 3.63) is 30.1 Å². The molecule has 0 spiro atoms. The van der Waals surface area contributed by atoms with Crippen LogP contribution < -0.4 is 5.73 Å². The SMILES string of the molecule is Cn1cccc2c(C(N)C(=O)O)cnc1-2. The molecule has 0 aromatic rings. The molecule has 0 amide bonds. The fourth-order valence-electron chi connectivity index (χ4n) is 1.57. The topological polar surface area (TPSA) is 81.1 Å². The summed E-state index contributed by atoms with van der Waals surface area (Å²) in [6, 6.07) is 2.64. The molecule has 2 aliphatic rings. The van der Waals surface area contributed by atoms with Crippen molar-refractivity contribution >= 4 is 5.97 Å². The van der Waals surface area contributed by atoms with Gasteiger partial charge in [-0.25, -0.2) is 4.98 Å². The maximum atomic E-state index is 10.8. The summed E-state index contributed by atoms with van der Waals surface area (Å²) in [6.07, 6.45) is 3.37. The molecule has 0 saturated carbocycles. The molecule has 0 saturated heterocycles. The minimum atomic E-state index is -1.05. The number of hydrogen-bond acceptors (Lipinski definition) is 3. The normalized spacial score (nSPS) is 12.9. The third kappa shape index (κ3) is 1.46. The molecule has 5 heteroatoms. The standard InChI is InChI=1S/C10H11N3O2/c1-13-4-2-3-6-7(5-12-9(6)13)8(11)10(14)15/h2-5,8H,11H2,1H3,(H,14,15). The Morgan fingerprint density at radius 3 is 3.07 bits per heavy atom. The van der Waals surface area contributed by atoms with E-state index in [1.165, 1.54) is 6.20 Å². The second-order valence-electron chi connectivity index (χ2n) is 3.39. The summed E-state index contributed by atoms with van der Waals surface area (Å²) in [4.78, 5) is 14.9. The zero-order valence-corrected chi connectivity index (χ0v) is 8.21. The first-order chi connectivity index (χ1) is 7.11. The molecule has 1 atom stereocenters. The summed E-state index contributed by atoms with van der Waals surface area (Å²) in [5.41, 5.74) is 6.89. The smallest absolute Gasteiger partial charge is 0.325 e. The van der Waals surface area contributed by atoms with Crippen molar-refractivity contribution < 1.29 is 9.90 Å². The van der Waals surface area contributed by atoms with Gasteiger partial charge in [0.25, 0.3) is 0 Å². The van der Waals surface area contributed by atoms with Crippen LogP contribution in [0.2, 0.25) is 0 Å². The Kier molecular flexibility index (Phi) is 2.17. The molecule has 0 aliphatic carbocycles. The van der Waals surface area contributed by atoms with E-state index in [2.05, 4.69) is 4.98 Å². The Balaban J connectivity index is 2.54. The summed E-state index contributed by atoms with van der Waals surface area (Å²) in [5, 5.41) is 8.82. The highest BCUT2D eigenvalue weighted by Gasteiger charge is 2.22. The number of aromatic nitrogens is 2. The number of nitrogens with zero attached hydrogens (tertiary/aromatic N) is 2. The molecule has 5 nitrogen and oxygen atoms in total. The maximum Gasteiger partial charge on any atom is 0.325 e. The molecule has 15 heavy (non-hydrogen) atoms. The molecule has 0 bridgehead atoms. The first-order valence-corrected chi connectivity index (χ1v) is 4.49. The number of carboxylic acid groups (broad SMARTS) is 1. The molecule has 0 radical (unpaired) electrons. The Labute approximate surface area is 86.5 Å². The number of carboxylic acids is 1. The van der Waals surface area contributed by atoms with Crippen molar-refractivity contribution in [3.8, 4) is 11.4 Å². The minimum absolute atomic E-state index is 0.550. The molecule has 0 fully saturated rings. The van der Waals surface area contributed by atoms with Crippen LogP contribution in [-0.4, -0.2) is 20.6 Å². The maximum absolute atomic E-state index is 10.8. The third-order valence-corrected chi connectivity index (χ3v) is 2.39. The number of nitrogens with two attached hydrogens (primary N) is 1. The molecule has 2 heterocycles. The van der Waals surface area contributed by atoms with E-state index in [0.717, 1.165) is 11.4 Å².